The summed E-state index contributed by atoms with van der Waals surface area (Å²) in [4.78, 5) is 33.9. The van der Waals surface area contributed by atoms with E-state index in [0.717, 1.165) is 6.08 Å². The van der Waals surface area contributed by atoms with E-state index in [9.17, 15) is 14.4 Å². The van der Waals surface area contributed by atoms with Crippen LogP contribution in [0, 0.1) is 0 Å². The zero-order valence-electron chi connectivity index (χ0n) is 9.52. The fourth-order valence-corrected chi connectivity index (χ4v) is 0.813. The molecular formula is C10H15NO5. The molecule has 0 aromatic heterocycles. The molecule has 0 aliphatic carbocycles. The second-order valence-corrected chi connectivity index (χ2v) is 3.34. The first kappa shape index (κ1) is 14.2. The fourth-order valence-electron chi connectivity index (χ4n) is 0.813. The molecule has 0 atom stereocenters. The zero-order valence-corrected chi connectivity index (χ0v) is 9.52. The van der Waals surface area contributed by atoms with E-state index in [4.69, 9.17) is 9.84 Å². The van der Waals surface area contributed by atoms with Crippen molar-refractivity contribution >= 4 is 17.8 Å². The summed E-state index contributed by atoms with van der Waals surface area (Å²) in [5.74, 6) is -2.10. The smallest absolute Gasteiger partial charge is 0.333 e. The predicted octanol–water partition coefficient (Wildman–Crippen LogP) is 0.0388. The van der Waals surface area contributed by atoms with Crippen molar-refractivity contribution in [2.75, 3.05) is 20.7 Å². The number of ether oxygens (including phenoxy) is 1. The van der Waals surface area contributed by atoms with Crippen LogP contribution in [0.15, 0.2) is 11.6 Å². The van der Waals surface area contributed by atoms with Crippen molar-refractivity contribution in [2.24, 2.45) is 0 Å². The molecular weight excluding hydrogens is 214 g/mol. The predicted molar refractivity (Wildman–Crippen MR) is 55.7 cm³/mol. The normalized spacial score (nSPS) is 10.8. The molecule has 0 saturated heterocycles. The third-order valence-corrected chi connectivity index (χ3v) is 1.71. The Kier molecular flexibility index (Phi) is 5.84. The van der Waals surface area contributed by atoms with E-state index in [1.165, 1.54) is 11.8 Å². The van der Waals surface area contributed by atoms with Gasteiger partial charge in [-0.2, -0.15) is 0 Å². The molecule has 0 spiro atoms. The van der Waals surface area contributed by atoms with Gasteiger partial charge < -0.3 is 14.7 Å². The fraction of sp³-hybridized carbons (Fsp3) is 0.500. The van der Waals surface area contributed by atoms with Gasteiger partial charge in [0.15, 0.2) is 0 Å². The molecule has 0 aromatic carbocycles. The Labute approximate surface area is 93.5 Å². The maximum Gasteiger partial charge on any atom is 0.333 e. The zero-order chi connectivity index (χ0) is 12.7. The number of carboxylic acid groups (broad SMARTS) is 1. The number of hydrogen-bond acceptors (Lipinski definition) is 4. The summed E-state index contributed by atoms with van der Waals surface area (Å²) in [6, 6.07) is 0. The minimum absolute atomic E-state index is 0.00944. The summed E-state index contributed by atoms with van der Waals surface area (Å²) in [7, 11) is 3.19. The molecule has 0 bridgehead atoms. The lowest BCUT2D eigenvalue weighted by molar-refractivity contribution is -0.141. The molecule has 0 saturated carbocycles. The summed E-state index contributed by atoms with van der Waals surface area (Å²) in [5.41, 5.74) is -0.00944. The van der Waals surface area contributed by atoms with Crippen LogP contribution in [0.2, 0.25) is 0 Å². The maximum absolute atomic E-state index is 11.2. The Morgan fingerprint density at radius 3 is 2.31 bits per heavy atom. The maximum atomic E-state index is 11.2. The molecule has 16 heavy (non-hydrogen) atoms. The van der Waals surface area contributed by atoms with Crippen molar-refractivity contribution < 1.29 is 24.2 Å². The van der Waals surface area contributed by atoms with Gasteiger partial charge in [-0.05, 0) is 6.92 Å². The number of carboxylic acids is 1. The quantitative estimate of drug-likeness (QED) is 0.531. The van der Waals surface area contributed by atoms with Crippen molar-refractivity contribution in [3.63, 3.8) is 0 Å². The lowest BCUT2D eigenvalue weighted by Crippen LogP contribution is -2.23. The molecule has 6 heteroatoms. The monoisotopic (exact) mass is 229 g/mol. The van der Waals surface area contributed by atoms with Gasteiger partial charge in [-0.3, -0.25) is 4.79 Å². The number of hydrogen-bond donors (Lipinski definition) is 1. The molecule has 0 rings (SSSR count). The molecule has 0 heterocycles. The van der Waals surface area contributed by atoms with Crippen molar-refractivity contribution in [1.29, 1.82) is 0 Å². The highest BCUT2D eigenvalue weighted by molar-refractivity contribution is 5.95. The van der Waals surface area contributed by atoms with Gasteiger partial charge in [0, 0.05) is 25.7 Å². The van der Waals surface area contributed by atoms with Crippen molar-refractivity contribution in [3.8, 4) is 0 Å². The number of rotatable bonds is 5. The van der Waals surface area contributed by atoms with Crippen LogP contribution in [0.5, 0.6) is 0 Å². The highest BCUT2D eigenvalue weighted by Gasteiger charge is 2.09. The molecule has 0 aliphatic rings. The average molecular weight is 229 g/mol. The molecule has 1 amide bonds. The molecule has 0 aliphatic heterocycles. The Balaban J connectivity index is 4.00. The number of nitrogens with zero attached hydrogens (tertiary/aromatic N) is 1. The van der Waals surface area contributed by atoms with Gasteiger partial charge in [-0.1, -0.05) is 0 Å². The first-order chi connectivity index (χ1) is 7.34. The molecule has 0 unspecified atom stereocenters. The average Bonchev–Trinajstić information content (AvgIpc) is 2.15. The number of aliphatic carboxylic acids is 1. The van der Waals surface area contributed by atoms with Gasteiger partial charge in [0.05, 0.1) is 6.42 Å². The topological polar surface area (TPSA) is 83.9 Å². The van der Waals surface area contributed by atoms with Gasteiger partial charge in [-0.25, -0.2) is 9.59 Å². The second-order valence-electron chi connectivity index (χ2n) is 3.34. The highest BCUT2D eigenvalue weighted by atomic mass is 16.5. The SMILES string of the molecule is CC(=CC(=O)O)C(=O)OCCC(=O)N(C)C. The van der Waals surface area contributed by atoms with E-state index in [0.29, 0.717) is 0 Å². The van der Waals surface area contributed by atoms with Gasteiger partial charge >= 0.3 is 11.9 Å². The van der Waals surface area contributed by atoms with Gasteiger partial charge in [-0.15, -0.1) is 0 Å². The Morgan fingerprint density at radius 2 is 1.88 bits per heavy atom. The van der Waals surface area contributed by atoms with Crippen LogP contribution in [0.3, 0.4) is 0 Å². The number of carbonyl (C=O) groups is 3. The lowest BCUT2D eigenvalue weighted by atomic mass is 10.3. The van der Waals surface area contributed by atoms with Crippen LogP contribution in [0.25, 0.3) is 0 Å². The second kappa shape index (κ2) is 6.60. The van der Waals surface area contributed by atoms with Crippen molar-refractivity contribution in [3.05, 3.63) is 11.6 Å². The van der Waals surface area contributed by atoms with Gasteiger partial charge in [0.2, 0.25) is 5.91 Å². The number of carbonyl (C=O) groups excluding carboxylic acids is 2. The van der Waals surface area contributed by atoms with E-state index in [1.807, 2.05) is 0 Å². The number of esters is 1. The third kappa shape index (κ3) is 5.79. The first-order valence-corrected chi connectivity index (χ1v) is 4.63. The van der Waals surface area contributed by atoms with Crippen molar-refractivity contribution in [2.45, 2.75) is 13.3 Å². The Hall–Kier alpha value is -1.85. The van der Waals surface area contributed by atoms with E-state index < -0.39 is 11.9 Å². The minimum Gasteiger partial charge on any atom is -0.478 e. The number of amides is 1. The van der Waals surface area contributed by atoms with Crippen LogP contribution in [-0.4, -0.2) is 48.6 Å². The van der Waals surface area contributed by atoms with Crippen LogP contribution in [0.4, 0.5) is 0 Å². The van der Waals surface area contributed by atoms with Crippen molar-refractivity contribution in [1.82, 2.24) is 4.90 Å². The molecule has 0 aromatic rings. The van der Waals surface area contributed by atoms with E-state index in [2.05, 4.69) is 0 Å². The summed E-state index contributed by atoms with van der Waals surface area (Å²) >= 11 is 0. The van der Waals surface area contributed by atoms with E-state index >= 15 is 0 Å². The molecule has 1 N–H and O–H groups in total. The summed E-state index contributed by atoms with van der Waals surface area (Å²) in [6.45, 7) is 1.28. The van der Waals surface area contributed by atoms with E-state index in [1.54, 1.807) is 14.1 Å². The standard InChI is InChI=1S/C10H15NO5/c1-7(6-9(13)14)10(15)16-5-4-8(12)11(2)3/h6H,4-5H2,1-3H3,(H,13,14). The molecule has 0 fully saturated rings. The molecule has 6 nitrogen and oxygen atoms in total. The highest BCUT2D eigenvalue weighted by Crippen LogP contribution is 1.98. The van der Waals surface area contributed by atoms with E-state index in [-0.39, 0.29) is 24.5 Å². The largest absolute Gasteiger partial charge is 0.478 e. The summed E-state index contributed by atoms with van der Waals surface area (Å²) < 4.78 is 4.71. The Morgan fingerprint density at radius 1 is 1.31 bits per heavy atom. The minimum atomic E-state index is -1.21. The lowest BCUT2D eigenvalue weighted by Gasteiger charge is -2.10. The summed E-state index contributed by atoms with van der Waals surface area (Å²) in [5, 5.41) is 8.37. The van der Waals surface area contributed by atoms with Crippen LogP contribution in [0.1, 0.15) is 13.3 Å². The van der Waals surface area contributed by atoms with Crippen LogP contribution < -0.4 is 0 Å². The summed E-state index contributed by atoms with van der Waals surface area (Å²) in [6.07, 6.45) is 0.842. The molecule has 0 radical (unpaired) electrons. The Bertz CT molecular complexity index is 319. The van der Waals surface area contributed by atoms with Gasteiger partial charge in [0.1, 0.15) is 6.61 Å². The third-order valence-electron chi connectivity index (χ3n) is 1.71. The van der Waals surface area contributed by atoms with Crippen LogP contribution >= 0.6 is 0 Å². The van der Waals surface area contributed by atoms with Gasteiger partial charge in [0.25, 0.3) is 0 Å². The first-order valence-electron chi connectivity index (χ1n) is 4.63. The molecule has 90 valence electrons. The van der Waals surface area contributed by atoms with Crippen LogP contribution in [-0.2, 0) is 19.1 Å².